The Balaban J connectivity index is 2.59. The average molecular weight is 222 g/mol. The van der Waals surface area contributed by atoms with Crippen LogP contribution < -0.4 is 5.73 Å². The fourth-order valence-corrected chi connectivity index (χ4v) is 1.87. The fourth-order valence-electron chi connectivity index (χ4n) is 1.63. The topological polar surface area (TPSA) is 54.7 Å². The third-order valence-corrected chi connectivity index (χ3v) is 2.59. The van der Waals surface area contributed by atoms with E-state index in [1.165, 1.54) is 5.56 Å². The number of imidazole rings is 1. The molecule has 0 spiro atoms. The summed E-state index contributed by atoms with van der Waals surface area (Å²) in [6.07, 6.45) is 0. The van der Waals surface area contributed by atoms with E-state index >= 15 is 0 Å². The molecule has 0 radical (unpaired) electrons. The second-order valence-corrected chi connectivity index (χ2v) is 3.98. The number of hydrogen-bond acceptors (Lipinski definition) is 2. The Labute approximate surface area is 93.3 Å². The molecule has 0 saturated heterocycles. The molecule has 0 bridgehead atoms. The zero-order valence-electron chi connectivity index (χ0n) is 8.63. The predicted molar refractivity (Wildman–Crippen MR) is 62.9 cm³/mol. The molecule has 1 aromatic heterocycles. The first-order valence-electron chi connectivity index (χ1n) is 4.66. The number of aromatic amines is 1. The van der Waals surface area contributed by atoms with Gasteiger partial charge in [0.1, 0.15) is 10.8 Å². The first kappa shape index (κ1) is 10.1. The van der Waals surface area contributed by atoms with Gasteiger partial charge in [-0.05, 0) is 19.4 Å². The Morgan fingerprint density at radius 3 is 2.60 bits per heavy atom. The van der Waals surface area contributed by atoms with Crippen LogP contribution in [0, 0.1) is 13.8 Å². The van der Waals surface area contributed by atoms with Gasteiger partial charge in [-0.2, -0.15) is 0 Å². The summed E-state index contributed by atoms with van der Waals surface area (Å²) >= 11 is 5.99. The number of anilines is 1. The van der Waals surface area contributed by atoms with Crippen LogP contribution in [-0.4, -0.2) is 9.97 Å². The summed E-state index contributed by atoms with van der Waals surface area (Å²) in [4.78, 5) is 6.94. The highest BCUT2D eigenvalue weighted by Gasteiger charge is 2.10. The molecule has 3 nitrogen and oxygen atoms in total. The van der Waals surface area contributed by atoms with E-state index in [2.05, 4.69) is 23.0 Å². The van der Waals surface area contributed by atoms with Gasteiger partial charge in [0.2, 0.25) is 0 Å². The van der Waals surface area contributed by atoms with Gasteiger partial charge in [0.15, 0.2) is 5.95 Å². The van der Waals surface area contributed by atoms with Crippen molar-refractivity contribution in [3.63, 3.8) is 0 Å². The van der Waals surface area contributed by atoms with Crippen LogP contribution in [0.2, 0.25) is 5.15 Å². The molecule has 0 atom stereocenters. The zero-order chi connectivity index (χ0) is 11.0. The maximum absolute atomic E-state index is 5.99. The largest absolute Gasteiger partial charge is 0.369 e. The first-order valence-corrected chi connectivity index (χ1v) is 5.04. The summed E-state index contributed by atoms with van der Waals surface area (Å²) in [5, 5.41) is 0.486. The maximum Gasteiger partial charge on any atom is 0.199 e. The highest BCUT2D eigenvalue weighted by Crippen LogP contribution is 2.29. The van der Waals surface area contributed by atoms with Crippen LogP contribution >= 0.6 is 11.6 Å². The average Bonchev–Trinajstić information content (AvgIpc) is 2.45. The van der Waals surface area contributed by atoms with Crippen molar-refractivity contribution in [3.8, 4) is 11.3 Å². The third kappa shape index (κ3) is 1.83. The van der Waals surface area contributed by atoms with E-state index in [4.69, 9.17) is 17.3 Å². The molecule has 4 heteroatoms. The number of rotatable bonds is 1. The van der Waals surface area contributed by atoms with Crippen molar-refractivity contribution in [2.45, 2.75) is 13.8 Å². The van der Waals surface area contributed by atoms with Gasteiger partial charge < -0.3 is 10.7 Å². The molecule has 2 aromatic rings. The van der Waals surface area contributed by atoms with Gasteiger partial charge in [-0.3, -0.25) is 0 Å². The van der Waals surface area contributed by atoms with Crippen LogP contribution in [0.3, 0.4) is 0 Å². The van der Waals surface area contributed by atoms with Gasteiger partial charge in [-0.1, -0.05) is 35.4 Å². The van der Waals surface area contributed by atoms with E-state index < -0.39 is 0 Å². The fraction of sp³-hybridized carbons (Fsp3) is 0.182. The lowest BCUT2D eigenvalue weighted by atomic mass is 10.0. The molecule has 15 heavy (non-hydrogen) atoms. The lowest BCUT2D eigenvalue weighted by Crippen LogP contribution is -1.87. The Morgan fingerprint density at radius 2 is 2.07 bits per heavy atom. The van der Waals surface area contributed by atoms with Crippen LogP contribution in [0.15, 0.2) is 18.2 Å². The predicted octanol–water partition coefficient (Wildman–Crippen LogP) is 2.93. The molecule has 0 amide bonds. The van der Waals surface area contributed by atoms with Gasteiger partial charge in [-0.15, -0.1) is 0 Å². The van der Waals surface area contributed by atoms with Crippen LogP contribution in [0.5, 0.6) is 0 Å². The summed E-state index contributed by atoms with van der Waals surface area (Å²) in [5.41, 5.74) is 9.63. The number of nitrogen functional groups attached to an aromatic ring is 1. The highest BCUT2D eigenvalue weighted by molar-refractivity contribution is 6.32. The SMILES string of the molecule is Cc1ccc(-c2nc(N)[nH]c2Cl)c(C)c1. The Bertz CT molecular complexity index is 503. The minimum atomic E-state index is 0.343. The second kappa shape index (κ2) is 3.59. The standard InChI is InChI=1S/C11H12ClN3/c1-6-3-4-8(7(2)5-6)9-10(12)15-11(13)14-9/h3-5H,1-2H3,(H3,13,14,15). The van der Waals surface area contributed by atoms with Crippen molar-refractivity contribution >= 4 is 17.5 Å². The van der Waals surface area contributed by atoms with Gasteiger partial charge in [-0.25, -0.2) is 4.98 Å². The lowest BCUT2D eigenvalue weighted by molar-refractivity contribution is 1.31. The normalized spacial score (nSPS) is 10.6. The van der Waals surface area contributed by atoms with Crippen LogP contribution in [0.4, 0.5) is 5.95 Å². The second-order valence-electron chi connectivity index (χ2n) is 3.60. The van der Waals surface area contributed by atoms with Crippen molar-refractivity contribution in [2.75, 3.05) is 5.73 Å². The minimum Gasteiger partial charge on any atom is -0.369 e. The van der Waals surface area contributed by atoms with E-state index in [0.29, 0.717) is 16.8 Å². The monoisotopic (exact) mass is 221 g/mol. The number of aromatic nitrogens is 2. The number of nitrogens with one attached hydrogen (secondary N) is 1. The molecule has 3 N–H and O–H groups in total. The molecular weight excluding hydrogens is 210 g/mol. The smallest absolute Gasteiger partial charge is 0.199 e. The number of H-pyrrole nitrogens is 1. The van der Waals surface area contributed by atoms with Gasteiger partial charge in [0.05, 0.1) is 0 Å². The van der Waals surface area contributed by atoms with Gasteiger partial charge >= 0.3 is 0 Å². The van der Waals surface area contributed by atoms with Crippen molar-refractivity contribution < 1.29 is 0 Å². The molecule has 0 aliphatic heterocycles. The number of hydrogen-bond donors (Lipinski definition) is 2. The molecule has 0 saturated carbocycles. The minimum absolute atomic E-state index is 0.343. The lowest BCUT2D eigenvalue weighted by Gasteiger charge is -2.03. The van der Waals surface area contributed by atoms with Gasteiger partial charge in [0, 0.05) is 5.56 Å². The van der Waals surface area contributed by atoms with Crippen LogP contribution in [-0.2, 0) is 0 Å². The molecule has 0 fully saturated rings. The summed E-state index contributed by atoms with van der Waals surface area (Å²) in [5.74, 6) is 0.343. The summed E-state index contributed by atoms with van der Waals surface area (Å²) in [6, 6.07) is 6.13. The van der Waals surface area contributed by atoms with Crippen molar-refractivity contribution in [1.82, 2.24) is 9.97 Å². The molecule has 0 aliphatic rings. The summed E-state index contributed by atoms with van der Waals surface area (Å²) in [6.45, 7) is 4.08. The summed E-state index contributed by atoms with van der Waals surface area (Å²) in [7, 11) is 0. The molecular formula is C11H12ClN3. The summed E-state index contributed by atoms with van der Waals surface area (Å²) < 4.78 is 0. The maximum atomic E-state index is 5.99. The van der Waals surface area contributed by atoms with E-state index in [1.54, 1.807) is 0 Å². The number of nitrogens with two attached hydrogens (primary N) is 1. The Hall–Kier alpha value is -1.48. The van der Waals surface area contributed by atoms with E-state index in [-0.39, 0.29) is 0 Å². The molecule has 78 valence electrons. The third-order valence-electron chi connectivity index (χ3n) is 2.32. The van der Waals surface area contributed by atoms with Crippen LogP contribution in [0.1, 0.15) is 11.1 Å². The highest BCUT2D eigenvalue weighted by atomic mass is 35.5. The zero-order valence-corrected chi connectivity index (χ0v) is 9.39. The van der Waals surface area contributed by atoms with E-state index in [9.17, 15) is 0 Å². The number of halogens is 1. The Kier molecular flexibility index (Phi) is 2.40. The van der Waals surface area contributed by atoms with Gasteiger partial charge in [0.25, 0.3) is 0 Å². The van der Waals surface area contributed by atoms with E-state index in [1.807, 2.05) is 19.1 Å². The molecule has 0 unspecified atom stereocenters. The molecule has 0 aliphatic carbocycles. The molecule has 1 aromatic carbocycles. The van der Waals surface area contributed by atoms with Crippen molar-refractivity contribution in [2.24, 2.45) is 0 Å². The quantitative estimate of drug-likeness (QED) is 0.778. The first-order chi connectivity index (χ1) is 7.08. The number of nitrogens with zero attached hydrogens (tertiary/aromatic N) is 1. The molecule has 1 heterocycles. The van der Waals surface area contributed by atoms with E-state index in [0.717, 1.165) is 11.1 Å². The Morgan fingerprint density at radius 1 is 1.33 bits per heavy atom. The molecule has 2 rings (SSSR count). The van der Waals surface area contributed by atoms with Crippen LogP contribution in [0.25, 0.3) is 11.3 Å². The van der Waals surface area contributed by atoms with Crippen molar-refractivity contribution in [3.05, 3.63) is 34.5 Å². The number of aryl methyl sites for hydroxylation is 2. The van der Waals surface area contributed by atoms with Crippen molar-refractivity contribution in [1.29, 1.82) is 0 Å². The number of benzene rings is 1.